The molecule has 0 radical (unpaired) electrons. The van der Waals surface area contributed by atoms with Crippen LogP contribution in [-0.4, -0.2) is 34.6 Å². The van der Waals surface area contributed by atoms with Crippen molar-refractivity contribution in [1.82, 2.24) is 14.6 Å². The highest BCUT2D eigenvalue weighted by atomic mass is 16.5. The minimum absolute atomic E-state index is 0.274. The Balaban J connectivity index is 1.61. The summed E-state index contributed by atoms with van der Waals surface area (Å²) in [5, 5.41) is 4.83. The fourth-order valence-corrected chi connectivity index (χ4v) is 3.37. The van der Waals surface area contributed by atoms with Crippen LogP contribution in [0.1, 0.15) is 31.7 Å². The van der Waals surface area contributed by atoms with Crippen LogP contribution in [0.3, 0.4) is 0 Å². The molecule has 2 aromatic heterocycles. The first-order valence-electron chi connectivity index (χ1n) is 10.2. The van der Waals surface area contributed by atoms with Crippen LogP contribution in [-0.2, 0) is 0 Å². The lowest BCUT2D eigenvalue weighted by Gasteiger charge is -2.05. The molecular formula is C23H24N4O4. The number of ether oxygens (including phenoxy) is 2. The minimum Gasteiger partial charge on any atom is -0.497 e. The van der Waals surface area contributed by atoms with Crippen molar-refractivity contribution in [1.29, 1.82) is 0 Å². The summed E-state index contributed by atoms with van der Waals surface area (Å²) in [6.07, 6.45) is 4.78. The third-order valence-corrected chi connectivity index (χ3v) is 5.06. The maximum atomic E-state index is 12.9. The van der Waals surface area contributed by atoms with Crippen molar-refractivity contribution in [2.75, 3.05) is 13.7 Å². The molecule has 0 saturated heterocycles. The Morgan fingerprint density at radius 1 is 1.00 bits per heavy atom. The van der Waals surface area contributed by atoms with Gasteiger partial charge in [-0.1, -0.05) is 19.8 Å². The van der Waals surface area contributed by atoms with E-state index in [0.717, 1.165) is 40.6 Å². The highest BCUT2D eigenvalue weighted by Crippen LogP contribution is 2.24. The second kappa shape index (κ2) is 8.91. The molecule has 160 valence electrons. The van der Waals surface area contributed by atoms with Crippen molar-refractivity contribution >= 4 is 28.2 Å². The average molecular weight is 420 g/mol. The summed E-state index contributed by atoms with van der Waals surface area (Å²) in [6, 6.07) is 12.7. The van der Waals surface area contributed by atoms with Crippen LogP contribution in [0.5, 0.6) is 11.5 Å². The Bertz CT molecular complexity index is 1350. The molecule has 0 spiro atoms. The highest BCUT2D eigenvalue weighted by molar-refractivity contribution is 6.04. The summed E-state index contributed by atoms with van der Waals surface area (Å²) in [5.41, 5.74) is 1.02. The van der Waals surface area contributed by atoms with Crippen molar-refractivity contribution in [2.24, 2.45) is 5.10 Å². The number of hydrogen-bond acceptors (Lipinski definition) is 5. The maximum Gasteiger partial charge on any atom is 0.350 e. The fraction of sp³-hybridized carbons (Fsp3) is 0.261. The first-order chi connectivity index (χ1) is 15.1. The van der Waals surface area contributed by atoms with E-state index in [-0.39, 0.29) is 5.52 Å². The summed E-state index contributed by atoms with van der Waals surface area (Å²) >= 11 is 0. The second-order valence-electron chi connectivity index (χ2n) is 7.20. The molecule has 0 bridgehead atoms. The van der Waals surface area contributed by atoms with Crippen molar-refractivity contribution in [3.8, 4) is 11.5 Å². The maximum absolute atomic E-state index is 12.9. The smallest absolute Gasteiger partial charge is 0.350 e. The van der Waals surface area contributed by atoms with Crippen LogP contribution in [0.25, 0.3) is 21.9 Å². The molecule has 2 N–H and O–H groups in total. The standard InChI is InChI=1S/C23H24N4O4/c1-3-4-5-12-31-16-8-6-15(7-9-16)14-24-27-22(28)21-20(26-23(27)29)18-11-10-17(30-2)13-19(18)25-21/h6-11,13-14,25H,3-5,12H2,1-2H3,(H,26,29). The van der Waals surface area contributed by atoms with Crippen LogP contribution < -0.4 is 20.7 Å². The number of hydrogen-bond donors (Lipinski definition) is 2. The predicted molar refractivity (Wildman–Crippen MR) is 122 cm³/mol. The topological polar surface area (TPSA) is 101 Å². The lowest BCUT2D eigenvalue weighted by atomic mass is 10.2. The van der Waals surface area contributed by atoms with E-state index in [0.29, 0.717) is 23.4 Å². The summed E-state index contributed by atoms with van der Waals surface area (Å²) in [4.78, 5) is 31.2. The molecule has 4 aromatic rings. The SMILES string of the molecule is CCCCCOc1ccc(C=Nn2c(=O)[nH]c3c([nH]c4cc(OC)ccc43)c2=O)cc1. The quantitative estimate of drug-likeness (QED) is 0.336. The average Bonchev–Trinajstić information content (AvgIpc) is 3.15. The van der Waals surface area contributed by atoms with Gasteiger partial charge in [0.15, 0.2) is 0 Å². The van der Waals surface area contributed by atoms with Crippen molar-refractivity contribution in [3.05, 3.63) is 68.9 Å². The molecule has 0 saturated carbocycles. The molecule has 8 heteroatoms. The van der Waals surface area contributed by atoms with E-state index in [9.17, 15) is 9.59 Å². The normalized spacial score (nSPS) is 11.5. The van der Waals surface area contributed by atoms with E-state index in [1.807, 2.05) is 24.3 Å². The van der Waals surface area contributed by atoms with Crippen molar-refractivity contribution in [2.45, 2.75) is 26.2 Å². The second-order valence-corrected chi connectivity index (χ2v) is 7.20. The van der Waals surface area contributed by atoms with Crippen LogP contribution in [0.15, 0.2) is 57.2 Å². The van der Waals surface area contributed by atoms with Gasteiger partial charge in [0.1, 0.15) is 17.0 Å². The summed E-state index contributed by atoms with van der Waals surface area (Å²) < 4.78 is 11.7. The number of H-pyrrole nitrogens is 2. The third kappa shape index (κ3) is 4.23. The van der Waals surface area contributed by atoms with Gasteiger partial charge >= 0.3 is 11.2 Å². The number of methoxy groups -OCH3 is 1. The largest absolute Gasteiger partial charge is 0.497 e. The van der Waals surface area contributed by atoms with Gasteiger partial charge in [-0.3, -0.25) is 4.79 Å². The number of aromatic amines is 2. The summed E-state index contributed by atoms with van der Waals surface area (Å²) in [6.45, 7) is 2.83. The number of benzene rings is 2. The van der Waals surface area contributed by atoms with Gasteiger partial charge in [-0.2, -0.15) is 5.10 Å². The van der Waals surface area contributed by atoms with E-state index in [1.165, 1.54) is 6.21 Å². The van der Waals surface area contributed by atoms with Gasteiger partial charge in [0, 0.05) is 11.5 Å². The van der Waals surface area contributed by atoms with Gasteiger partial charge < -0.3 is 19.4 Å². The lowest BCUT2D eigenvalue weighted by molar-refractivity contribution is 0.306. The van der Waals surface area contributed by atoms with Crippen molar-refractivity contribution in [3.63, 3.8) is 0 Å². The van der Waals surface area contributed by atoms with Gasteiger partial charge in [0.05, 0.1) is 31.0 Å². The molecule has 2 aromatic carbocycles. The highest BCUT2D eigenvalue weighted by Gasteiger charge is 2.13. The number of aromatic nitrogens is 3. The first-order valence-corrected chi connectivity index (χ1v) is 10.2. The molecule has 0 unspecified atom stereocenters. The molecule has 0 atom stereocenters. The zero-order valence-corrected chi connectivity index (χ0v) is 17.5. The van der Waals surface area contributed by atoms with E-state index in [1.54, 1.807) is 25.3 Å². The molecule has 0 fully saturated rings. The first kappa shape index (κ1) is 20.5. The Kier molecular flexibility index (Phi) is 5.88. The van der Waals surface area contributed by atoms with Crippen LogP contribution in [0, 0.1) is 0 Å². The van der Waals surface area contributed by atoms with Gasteiger partial charge in [-0.15, -0.1) is 4.68 Å². The summed E-state index contributed by atoms with van der Waals surface area (Å²) in [7, 11) is 1.57. The third-order valence-electron chi connectivity index (χ3n) is 5.06. The number of unbranched alkanes of at least 4 members (excludes halogenated alkanes) is 2. The van der Waals surface area contributed by atoms with E-state index >= 15 is 0 Å². The predicted octanol–water partition coefficient (Wildman–Crippen LogP) is 3.63. The molecule has 0 amide bonds. The number of nitrogens with zero attached hydrogens (tertiary/aromatic N) is 2. The molecule has 0 aliphatic rings. The number of rotatable bonds is 8. The minimum atomic E-state index is -0.610. The van der Waals surface area contributed by atoms with Crippen LogP contribution in [0.2, 0.25) is 0 Å². The molecule has 0 aliphatic carbocycles. The zero-order valence-electron chi connectivity index (χ0n) is 17.5. The van der Waals surface area contributed by atoms with Crippen molar-refractivity contribution < 1.29 is 9.47 Å². The molecule has 31 heavy (non-hydrogen) atoms. The number of nitrogens with one attached hydrogen (secondary N) is 2. The Morgan fingerprint density at radius 2 is 1.77 bits per heavy atom. The van der Waals surface area contributed by atoms with E-state index in [4.69, 9.17) is 9.47 Å². The zero-order chi connectivity index (χ0) is 21.8. The van der Waals surface area contributed by atoms with E-state index < -0.39 is 11.2 Å². The summed E-state index contributed by atoms with van der Waals surface area (Å²) in [5.74, 6) is 1.43. The van der Waals surface area contributed by atoms with E-state index in [2.05, 4.69) is 22.0 Å². The van der Waals surface area contributed by atoms with Gasteiger partial charge in [0.25, 0.3) is 0 Å². The van der Waals surface area contributed by atoms with Crippen LogP contribution in [0.4, 0.5) is 0 Å². The monoisotopic (exact) mass is 420 g/mol. The molecule has 2 heterocycles. The fourth-order valence-electron chi connectivity index (χ4n) is 3.37. The van der Waals surface area contributed by atoms with Gasteiger partial charge in [-0.05, 0) is 48.4 Å². The van der Waals surface area contributed by atoms with Gasteiger partial charge in [-0.25, -0.2) is 4.79 Å². The lowest BCUT2D eigenvalue weighted by Crippen LogP contribution is -2.32. The number of fused-ring (bicyclic) bond motifs is 3. The van der Waals surface area contributed by atoms with Gasteiger partial charge in [0.2, 0.25) is 0 Å². The Morgan fingerprint density at radius 3 is 2.52 bits per heavy atom. The Hall–Kier alpha value is -3.81. The molecule has 0 aliphatic heterocycles. The molecule has 4 rings (SSSR count). The molecule has 8 nitrogen and oxygen atoms in total. The Labute approximate surface area is 178 Å². The van der Waals surface area contributed by atoms with Crippen LogP contribution >= 0.6 is 0 Å². The molecular weight excluding hydrogens is 396 g/mol.